The van der Waals surface area contributed by atoms with Crippen LogP contribution in [0.25, 0.3) is 11.3 Å². The van der Waals surface area contributed by atoms with Crippen molar-refractivity contribution in [3.63, 3.8) is 0 Å². The van der Waals surface area contributed by atoms with Gasteiger partial charge in [-0.15, -0.1) is 0 Å². The first-order chi connectivity index (χ1) is 11.4. The number of aromatic nitrogens is 2. The van der Waals surface area contributed by atoms with Crippen LogP contribution in [0, 0.1) is 5.92 Å². The number of halogens is 1. The van der Waals surface area contributed by atoms with Crippen molar-refractivity contribution in [3.8, 4) is 11.3 Å². The van der Waals surface area contributed by atoms with Crippen LogP contribution in [0.5, 0.6) is 0 Å². The Morgan fingerprint density at radius 2 is 1.92 bits per heavy atom. The molecule has 24 heavy (non-hydrogen) atoms. The number of nitrogens with one attached hydrogen (secondary N) is 3. The minimum absolute atomic E-state index is 0.00557. The Morgan fingerprint density at radius 3 is 2.50 bits per heavy atom. The number of aromatic amines is 1. The smallest absolute Gasteiger partial charge is 0.243 e. The Balaban J connectivity index is 2.07. The monoisotopic (exact) mass is 348 g/mol. The van der Waals surface area contributed by atoms with E-state index in [-0.39, 0.29) is 17.7 Å². The summed E-state index contributed by atoms with van der Waals surface area (Å²) in [7, 11) is 0. The number of carbonyl (C=O) groups is 2. The van der Waals surface area contributed by atoms with Crippen LogP contribution in [-0.2, 0) is 16.1 Å². The van der Waals surface area contributed by atoms with Gasteiger partial charge in [-0.3, -0.25) is 14.7 Å². The lowest BCUT2D eigenvalue weighted by molar-refractivity contribution is -0.129. The first-order valence-electron chi connectivity index (χ1n) is 7.71. The zero-order valence-electron chi connectivity index (χ0n) is 13.9. The summed E-state index contributed by atoms with van der Waals surface area (Å²) in [6, 6.07) is 6.80. The molecule has 2 aromatic rings. The third-order valence-corrected chi connectivity index (χ3v) is 3.86. The van der Waals surface area contributed by atoms with Gasteiger partial charge in [-0.05, 0) is 23.6 Å². The van der Waals surface area contributed by atoms with Crippen LogP contribution in [0.2, 0.25) is 5.02 Å². The van der Waals surface area contributed by atoms with E-state index in [0.29, 0.717) is 11.6 Å². The molecule has 0 saturated heterocycles. The second-order valence-corrected chi connectivity index (χ2v) is 6.35. The molecule has 6 nitrogen and oxygen atoms in total. The van der Waals surface area contributed by atoms with Crippen LogP contribution >= 0.6 is 11.6 Å². The SMILES string of the molecule is CC(=O)N[C@@H](C(=O)NCc1cn[nH]c1-c1ccc(Cl)cc1)C(C)C. The number of benzene rings is 1. The molecular formula is C17H21ClN4O2. The minimum Gasteiger partial charge on any atom is -0.350 e. The molecule has 0 fully saturated rings. The molecule has 0 aliphatic carbocycles. The van der Waals surface area contributed by atoms with Gasteiger partial charge in [-0.1, -0.05) is 37.6 Å². The number of amides is 2. The molecular weight excluding hydrogens is 328 g/mol. The van der Waals surface area contributed by atoms with Crippen molar-refractivity contribution >= 4 is 23.4 Å². The van der Waals surface area contributed by atoms with Crippen LogP contribution < -0.4 is 10.6 Å². The second-order valence-electron chi connectivity index (χ2n) is 5.92. The van der Waals surface area contributed by atoms with E-state index in [4.69, 9.17) is 11.6 Å². The molecule has 128 valence electrons. The maximum absolute atomic E-state index is 12.3. The van der Waals surface area contributed by atoms with E-state index in [9.17, 15) is 9.59 Å². The fourth-order valence-corrected chi connectivity index (χ4v) is 2.48. The van der Waals surface area contributed by atoms with Crippen LogP contribution in [0.1, 0.15) is 26.3 Å². The Hall–Kier alpha value is -2.34. The average Bonchev–Trinajstić information content (AvgIpc) is 2.99. The van der Waals surface area contributed by atoms with E-state index < -0.39 is 6.04 Å². The molecule has 0 radical (unpaired) electrons. The first-order valence-corrected chi connectivity index (χ1v) is 8.09. The van der Waals surface area contributed by atoms with Gasteiger partial charge in [0.2, 0.25) is 11.8 Å². The van der Waals surface area contributed by atoms with Crippen LogP contribution in [-0.4, -0.2) is 28.1 Å². The Morgan fingerprint density at radius 1 is 1.25 bits per heavy atom. The van der Waals surface area contributed by atoms with Gasteiger partial charge < -0.3 is 10.6 Å². The molecule has 0 unspecified atom stereocenters. The van der Waals surface area contributed by atoms with Crippen LogP contribution in [0.3, 0.4) is 0 Å². The zero-order valence-corrected chi connectivity index (χ0v) is 14.6. The number of hydrogen-bond acceptors (Lipinski definition) is 3. The second kappa shape index (κ2) is 7.97. The Kier molecular flexibility index (Phi) is 5.98. The molecule has 0 spiro atoms. The predicted octanol–water partition coefficient (Wildman–Crippen LogP) is 2.51. The lowest BCUT2D eigenvalue weighted by atomic mass is 10.0. The summed E-state index contributed by atoms with van der Waals surface area (Å²) >= 11 is 5.90. The Bertz CT molecular complexity index is 710. The molecule has 7 heteroatoms. The summed E-state index contributed by atoms with van der Waals surface area (Å²) in [5.41, 5.74) is 2.62. The van der Waals surface area contributed by atoms with Crippen molar-refractivity contribution in [2.75, 3.05) is 0 Å². The summed E-state index contributed by atoms with van der Waals surface area (Å²) in [5, 5.41) is 13.2. The molecule has 0 aliphatic rings. The van der Waals surface area contributed by atoms with Crippen LogP contribution in [0.4, 0.5) is 0 Å². The standard InChI is InChI=1S/C17H21ClN4O2/c1-10(2)15(21-11(3)23)17(24)19-8-13-9-20-22-16(13)12-4-6-14(18)7-5-12/h4-7,9-10,15H,8H2,1-3H3,(H,19,24)(H,20,22)(H,21,23)/t15-/m1/s1. The topological polar surface area (TPSA) is 86.9 Å². The molecule has 2 amide bonds. The fourth-order valence-electron chi connectivity index (χ4n) is 2.36. The van der Waals surface area contributed by atoms with E-state index in [1.807, 2.05) is 26.0 Å². The van der Waals surface area contributed by atoms with Crippen molar-refractivity contribution in [1.82, 2.24) is 20.8 Å². The molecule has 1 aromatic heterocycles. The minimum atomic E-state index is -0.562. The van der Waals surface area contributed by atoms with Gasteiger partial charge in [0.05, 0.1) is 11.9 Å². The summed E-state index contributed by atoms with van der Waals surface area (Å²) < 4.78 is 0. The highest BCUT2D eigenvalue weighted by Crippen LogP contribution is 2.22. The molecule has 0 saturated carbocycles. The van der Waals surface area contributed by atoms with Crippen molar-refractivity contribution in [2.24, 2.45) is 5.92 Å². The molecule has 3 N–H and O–H groups in total. The van der Waals surface area contributed by atoms with Gasteiger partial charge in [0.1, 0.15) is 6.04 Å². The molecule has 2 rings (SSSR count). The summed E-state index contributed by atoms with van der Waals surface area (Å²) in [5.74, 6) is -0.452. The third kappa shape index (κ3) is 4.58. The van der Waals surface area contributed by atoms with E-state index in [1.54, 1.807) is 18.3 Å². The normalized spacial score (nSPS) is 12.0. The maximum Gasteiger partial charge on any atom is 0.243 e. The van der Waals surface area contributed by atoms with Gasteiger partial charge in [0.25, 0.3) is 0 Å². The first kappa shape index (κ1) is 18.0. The molecule has 1 heterocycles. The zero-order chi connectivity index (χ0) is 17.7. The summed E-state index contributed by atoms with van der Waals surface area (Å²) in [4.78, 5) is 23.6. The highest BCUT2D eigenvalue weighted by molar-refractivity contribution is 6.30. The van der Waals surface area contributed by atoms with E-state index in [1.165, 1.54) is 6.92 Å². The lowest BCUT2D eigenvalue weighted by Crippen LogP contribution is -2.48. The van der Waals surface area contributed by atoms with Gasteiger partial charge in [-0.25, -0.2) is 0 Å². The summed E-state index contributed by atoms with van der Waals surface area (Å²) in [6.07, 6.45) is 1.67. The largest absolute Gasteiger partial charge is 0.350 e. The highest BCUT2D eigenvalue weighted by atomic mass is 35.5. The molecule has 1 aromatic carbocycles. The molecule has 1 atom stereocenters. The van der Waals surface area contributed by atoms with Crippen molar-refractivity contribution in [3.05, 3.63) is 41.0 Å². The lowest BCUT2D eigenvalue weighted by Gasteiger charge is -2.20. The van der Waals surface area contributed by atoms with E-state index >= 15 is 0 Å². The number of nitrogens with zero attached hydrogens (tertiary/aromatic N) is 1. The predicted molar refractivity (Wildman–Crippen MR) is 93.3 cm³/mol. The quantitative estimate of drug-likeness (QED) is 0.749. The summed E-state index contributed by atoms with van der Waals surface area (Å²) in [6.45, 7) is 5.49. The number of carbonyl (C=O) groups excluding carboxylic acids is 2. The number of H-pyrrole nitrogens is 1. The van der Waals surface area contributed by atoms with Gasteiger partial charge in [-0.2, -0.15) is 5.10 Å². The fraction of sp³-hybridized carbons (Fsp3) is 0.353. The van der Waals surface area contributed by atoms with Gasteiger partial charge in [0, 0.05) is 24.1 Å². The van der Waals surface area contributed by atoms with Gasteiger partial charge in [0.15, 0.2) is 0 Å². The van der Waals surface area contributed by atoms with Gasteiger partial charge >= 0.3 is 0 Å². The molecule has 0 aliphatic heterocycles. The average molecular weight is 349 g/mol. The third-order valence-electron chi connectivity index (χ3n) is 3.61. The van der Waals surface area contributed by atoms with Crippen molar-refractivity contribution < 1.29 is 9.59 Å². The number of rotatable bonds is 6. The molecule has 0 bridgehead atoms. The Labute approximate surface area is 146 Å². The van der Waals surface area contributed by atoms with E-state index in [2.05, 4.69) is 20.8 Å². The van der Waals surface area contributed by atoms with Crippen LogP contribution in [0.15, 0.2) is 30.5 Å². The van der Waals surface area contributed by atoms with Crippen molar-refractivity contribution in [2.45, 2.75) is 33.4 Å². The maximum atomic E-state index is 12.3. The highest BCUT2D eigenvalue weighted by Gasteiger charge is 2.23. The van der Waals surface area contributed by atoms with Crippen molar-refractivity contribution in [1.29, 1.82) is 0 Å². The van der Waals surface area contributed by atoms with E-state index in [0.717, 1.165) is 16.8 Å². The number of hydrogen-bond donors (Lipinski definition) is 3.